The van der Waals surface area contributed by atoms with E-state index in [9.17, 15) is 13.5 Å². The van der Waals surface area contributed by atoms with Crippen LogP contribution in [0.5, 0.6) is 0 Å². The average molecular weight is 300 g/mol. The van der Waals surface area contributed by atoms with Gasteiger partial charge in [-0.05, 0) is 30.5 Å². The molecule has 0 aliphatic heterocycles. The number of hydrogen-bond donors (Lipinski definition) is 3. The molecule has 0 amide bonds. The smallest absolute Gasteiger partial charge is 0.215 e. The van der Waals surface area contributed by atoms with Gasteiger partial charge in [-0.2, -0.15) is 0 Å². The highest BCUT2D eigenvalue weighted by Gasteiger charge is 2.27. The molecule has 0 fully saturated rings. The van der Waals surface area contributed by atoms with Gasteiger partial charge in [0.1, 0.15) is 0 Å². The van der Waals surface area contributed by atoms with Crippen molar-refractivity contribution in [2.24, 2.45) is 5.41 Å². The molecule has 1 rings (SSSR count). The lowest BCUT2D eigenvalue weighted by Crippen LogP contribution is -2.39. The quantitative estimate of drug-likeness (QED) is 0.634. The molecule has 0 heterocycles. The minimum Gasteiger partial charge on any atom is -0.399 e. The van der Waals surface area contributed by atoms with E-state index in [1.54, 1.807) is 24.3 Å². The van der Waals surface area contributed by atoms with E-state index in [0.29, 0.717) is 11.3 Å². The van der Waals surface area contributed by atoms with Gasteiger partial charge in [0, 0.05) is 24.3 Å². The van der Waals surface area contributed by atoms with E-state index < -0.39 is 10.0 Å². The Labute approximate surface area is 121 Å². The van der Waals surface area contributed by atoms with Crippen LogP contribution in [0.3, 0.4) is 0 Å². The fraction of sp³-hybridized carbons (Fsp3) is 0.571. The zero-order valence-electron chi connectivity index (χ0n) is 12.1. The predicted molar refractivity (Wildman–Crippen MR) is 81.6 cm³/mol. The van der Waals surface area contributed by atoms with Gasteiger partial charge in [-0.25, -0.2) is 13.1 Å². The Morgan fingerprint density at radius 2 is 1.95 bits per heavy atom. The fourth-order valence-electron chi connectivity index (χ4n) is 2.00. The molecule has 5 nitrogen and oxygen atoms in total. The van der Waals surface area contributed by atoms with Crippen molar-refractivity contribution in [3.8, 4) is 0 Å². The van der Waals surface area contributed by atoms with E-state index in [-0.39, 0.29) is 24.3 Å². The Balaban J connectivity index is 2.71. The van der Waals surface area contributed by atoms with Gasteiger partial charge in [-0.3, -0.25) is 0 Å². The highest BCUT2D eigenvalue weighted by atomic mass is 32.2. The van der Waals surface area contributed by atoms with E-state index in [1.165, 1.54) is 0 Å². The lowest BCUT2D eigenvalue weighted by atomic mass is 9.84. The Bertz CT molecular complexity index is 517. The molecular weight excluding hydrogens is 276 g/mol. The SMILES string of the molecule is CCC(CC)(CO)CNS(=O)(=O)Cc1cccc(N)c1. The normalized spacial score (nSPS) is 12.6. The van der Waals surface area contributed by atoms with Gasteiger partial charge in [0.05, 0.1) is 5.75 Å². The van der Waals surface area contributed by atoms with Gasteiger partial charge in [-0.1, -0.05) is 26.0 Å². The van der Waals surface area contributed by atoms with Crippen LogP contribution in [0.1, 0.15) is 32.3 Å². The van der Waals surface area contributed by atoms with E-state index in [0.717, 1.165) is 12.8 Å². The first-order valence-electron chi connectivity index (χ1n) is 6.79. The van der Waals surface area contributed by atoms with Gasteiger partial charge >= 0.3 is 0 Å². The number of aliphatic hydroxyl groups is 1. The van der Waals surface area contributed by atoms with Crippen LogP contribution in [0.25, 0.3) is 0 Å². The van der Waals surface area contributed by atoms with Crippen molar-refractivity contribution in [3.05, 3.63) is 29.8 Å². The lowest BCUT2D eigenvalue weighted by molar-refractivity contribution is 0.119. The number of aliphatic hydroxyl groups excluding tert-OH is 1. The van der Waals surface area contributed by atoms with Gasteiger partial charge in [0.15, 0.2) is 0 Å². The zero-order valence-corrected chi connectivity index (χ0v) is 12.9. The maximum atomic E-state index is 12.1. The number of sulfonamides is 1. The Hall–Kier alpha value is -1.11. The largest absolute Gasteiger partial charge is 0.399 e. The van der Waals surface area contributed by atoms with Crippen LogP contribution in [-0.4, -0.2) is 26.7 Å². The number of nitrogen functional groups attached to an aromatic ring is 1. The van der Waals surface area contributed by atoms with Crippen molar-refractivity contribution in [2.45, 2.75) is 32.4 Å². The van der Waals surface area contributed by atoms with E-state index in [2.05, 4.69) is 4.72 Å². The molecule has 6 heteroatoms. The first-order valence-corrected chi connectivity index (χ1v) is 8.44. The Morgan fingerprint density at radius 3 is 2.45 bits per heavy atom. The number of rotatable bonds is 8. The first-order chi connectivity index (χ1) is 9.36. The molecule has 0 radical (unpaired) electrons. The lowest BCUT2D eigenvalue weighted by Gasteiger charge is -2.29. The molecule has 0 spiro atoms. The number of anilines is 1. The summed E-state index contributed by atoms with van der Waals surface area (Å²) in [4.78, 5) is 0. The molecule has 20 heavy (non-hydrogen) atoms. The summed E-state index contributed by atoms with van der Waals surface area (Å²) < 4.78 is 26.7. The summed E-state index contributed by atoms with van der Waals surface area (Å²) >= 11 is 0. The van der Waals surface area contributed by atoms with Crippen LogP contribution >= 0.6 is 0 Å². The second-order valence-corrected chi connectivity index (χ2v) is 7.00. The molecule has 0 saturated carbocycles. The summed E-state index contributed by atoms with van der Waals surface area (Å²) in [6.07, 6.45) is 1.45. The molecule has 1 aromatic rings. The molecule has 114 valence electrons. The maximum Gasteiger partial charge on any atom is 0.215 e. The minimum atomic E-state index is -3.43. The van der Waals surface area contributed by atoms with Crippen LogP contribution in [0.4, 0.5) is 5.69 Å². The summed E-state index contributed by atoms with van der Waals surface area (Å²) in [6.45, 7) is 4.12. The summed E-state index contributed by atoms with van der Waals surface area (Å²) in [5.74, 6) is -0.104. The predicted octanol–water partition coefficient (Wildman–Crippen LogP) is 1.49. The van der Waals surface area contributed by atoms with Crippen molar-refractivity contribution in [2.75, 3.05) is 18.9 Å². The summed E-state index contributed by atoms with van der Waals surface area (Å²) in [5, 5.41) is 9.45. The van der Waals surface area contributed by atoms with Gasteiger partial charge in [0.2, 0.25) is 10.0 Å². The summed E-state index contributed by atoms with van der Waals surface area (Å²) in [7, 11) is -3.43. The molecule has 0 unspecified atom stereocenters. The molecule has 1 aromatic carbocycles. The second-order valence-electron chi connectivity index (χ2n) is 5.19. The monoisotopic (exact) mass is 300 g/mol. The second kappa shape index (κ2) is 7.06. The van der Waals surface area contributed by atoms with Crippen LogP contribution < -0.4 is 10.5 Å². The highest BCUT2D eigenvalue weighted by molar-refractivity contribution is 7.88. The maximum absolute atomic E-state index is 12.1. The summed E-state index contributed by atoms with van der Waals surface area (Å²) in [6, 6.07) is 6.83. The van der Waals surface area contributed by atoms with Crippen molar-refractivity contribution in [1.82, 2.24) is 4.72 Å². The van der Waals surface area contributed by atoms with Crippen LogP contribution in [0, 0.1) is 5.41 Å². The van der Waals surface area contributed by atoms with Crippen LogP contribution in [0.15, 0.2) is 24.3 Å². The van der Waals surface area contributed by atoms with Gasteiger partial charge < -0.3 is 10.8 Å². The Kier molecular flexibility index (Phi) is 5.98. The van der Waals surface area contributed by atoms with Crippen LogP contribution in [-0.2, 0) is 15.8 Å². The van der Waals surface area contributed by atoms with E-state index in [1.807, 2.05) is 13.8 Å². The molecular formula is C14H24N2O3S. The third kappa shape index (κ3) is 4.77. The molecule has 0 bridgehead atoms. The van der Waals surface area contributed by atoms with E-state index in [4.69, 9.17) is 5.73 Å². The van der Waals surface area contributed by atoms with Crippen molar-refractivity contribution < 1.29 is 13.5 Å². The topological polar surface area (TPSA) is 92.4 Å². The van der Waals surface area contributed by atoms with Crippen molar-refractivity contribution in [3.63, 3.8) is 0 Å². The summed E-state index contributed by atoms with van der Waals surface area (Å²) in [5.41, 5.74) is 6.45. The fourth-order valence-corrected chi connectivity index (χ4v) is 3.24. The van der Waals surface area contributed by atoms with E-state index >= 15 is 0 Å². The number of benzene rings is 1. The molecule has 4 N–H and O–H groups in total. The number of nitrogens with one attached hydrogen (secondary N) is 1. The van der Waals surface area contributed by atoms with Gasteiger partial charge in [0.25, 0.3) is 0 Å². The third-order valence-electron chi connectivity index (χ3n) is 3.81. The molecule has 0 aliphatic rings. The van der Waals surface area contributed by atoms with Crippen LogP contribution in [0.2, 0.25) is 0 Å². The first kappa shape index (κ1) is 16.9. The van der Waals surface area contributed by atoms with Gasteiger partial charge in [-0.15, -0.1) is 0 Å². The van der Waals surface area contributed by atoms with Crippen molar-refractivity contribution in [1.29, 1.82) is 0 Å². The third-order valence-corrected chi connectivity index (χ3v) is 5.11. The molecule has 0 atom stereocenters. The zero-order chi connectivity index (χ0) is 15.2. The minimum absolute atomic E-state index is 0.0270. The van der Waals surface area contributed by atoms with Crippen molar-refractivity contribution >= 4 is 15.7 Å². The molecule has 0 aromatic heterocycles. The number of nitrogens with two attached hydrogens (primary N) is 1. The average Bonchev–Trinajstić information content (AvgIpc) is 2.40. The molecule has 0 saturated heterocycles. The molecule has 0 aliphatic carbocycles. The standard InChI is InChI=1S/C14H24N2O3S/c1-3-14(4-2,11-17)10-16-20(18,19)9-12-6-5-7-13(15)8-12/h5-8,16-17H,3-4,9-11,15H2,1-2H3. The Morgan fingerprint density at radius 1 is 1.30 bits per heavy atom. The number of hydrogen-bond acceptors (Lipinski definition) is 4. The highest BCUT2D eigenvalue weighted by Crippen LogP contribution is 2.24.